The van der Waals surface area contributed by atoms with Gasteiger partial charge in [0, 0.05) is 5.92 Å². The van der Waals surface area contributed by atoms with Crippen molar-refractivity contribution in [2.24, 2.45) is 16.9 Å². The highest BCUT2D eigenvalue weighted by atomic mass is 16.6. The highest BCUT2D eigenvalue weighted by molar-refractivity contribution is 6.38. The standard InChI is InChI=1S/C16H22N2O8/c1-5-25-13(19)10(14(20)26-6-2)7-9-8-11(15(21)23-3)17-18-12(9)16(22)24-4/h8-10,17H,5-7H2,1-4H3. The predicted molar refractivity (Wildman–Crippen MR) is 87.5 cm³/mol. The predicted octanol–water partition coefficient (Wildman–Crippen LogP) is -0.0758. The van der Waals surface area contributed by atoms with E-state index in [2.05, 4.69) is 20.0 Å². The Labute approximate surface area is 150 Å². The van der Waals surface area contributed by atoms with Crippen molar-refractivity contribution in [1.82, 2.24) is 5.43 Å². The Bertz CT molecular complexity index is 608. The molecule has 0 saturated carbocycles. The third kappa shape index (κ3) is 5.30. The summed E-state index contributed by atoms with van der Waals surface area (Å²) in [5.41, 5.74) is 2.26. The molecule has 10 nitrogen and oxygen atoms in total. The minimum atomic E-state index is -1.29. The van der Waals surface area contributed by atoms with Gasteiger partial charge in [0.25, 0.3) is 0 Å². The van der Waals surface area contributed by atoms with E-state index in [-0.39, 0.29) is 31.0 Å². The van der Waals surface area contributed by atoms with Crippen LogP contribution in [0.25, 0.3) is 0 Å². The van der Waals surface area contributed by atoms with Crippen molar-refractivity contribution in [3.8, 4) is 0 Å². The second kappa shape index (κ2) is 10.2. The van der Waals surface area contributed by atoms with Crippen LogP contribution in [0, 0.1) is 11.8 Å². The summed E-state index contributed by atoms with van der Waals surface area (Å²) >= 11 is 0. The average Bonchev–Trinajstić information content (AvgIpc) is 2.64. The molecule has 0 aromatic heterocycles. The molecule has 0 amide bonds. The summed E-state index contributed by atoms with van der Waals surface area (Å²) in [6.45, 7) is 3.34. The highest BCUT2D eigenvalue weighted by Crippen LogP contribution is 2.23. The SMILES string of the molecule is CCOC(=O)C(CC1C=C(C(=O)OC)NN=C1C(=O)OC)C(=O)OCC. The molecule has 144 valence electrons. The fourth-order valence-corrected chi connectivity index (χ4v) is 2.25. The lowest BCUT2D eigenvalue weighted by Gasteiger charge is -2.23. The summed E-state index contributed by atoms with van der Waals surface area (Å²) in [6, 6.07) is 0. The van der Waals surface area contributed by atoms with Crippen molar-refractivity contribution in [2.75, 3.05) is 27.4 Å². The van der Waals surface area contributed by atoms with Gasteiger partial charge in [-0.05, 0) is 26.3 Å². The first-order chi connectivity index (χ1) is 12.4. The third-order valence-corrected chi connectivity index (χ3v) is 3.45. The second-order valence-corrected chi connectivity index (χ2v) is 5.07. The fourth-order valence-electron chi connectivity index (χ4n) is 2.25. The van der Waals surface area contributed by atoms with Gasteiger partial charge in [0.1, 0.15) is 5.70 Å². The first kappa shape index (κ1) is 21.1. The Morgan fingerprint density at radius 1 is 1.04 bits per heavy atom. The zero-order valence-electron chi connectivity index (χ0n) is 15.1. The van der Waals surface area contributed by atoms with E-state index in [0.29, 0.717) is 0 Å². The maximum absolute atomic E-state index is 12.1. The first-order valence-corrected chi connectivity index (χ1v) is 7.94. The van der Waals surface area contributed by atoms with E-state index in [1.165, 1.54) is 13.2 Å². The van der Waals surface area contributed by atoms with Gasteiger partial charge in [-0.15, -0.1) is 0 Å². The van der Waals surface area contributed by atoms with E-state index in [9.17, 15) is 19.2 Å². The smallest absolute Gasteiger partial charge is 0.355 e. The van der Waals surface area contributed by atoms with Crippen molar-refractivity contribution in [3.63, 3.8) is 0 Å². The molecule has 0 radical (unpaired) electrons. The first-order valence-electron chi connectivity index (χ1n) is 7.94. The molecule has 1 aliphatic rings. The maximum Gasteiger partial charge on any atom is 0.355 e. The fraction of sp³-hybridized carbons (Fsp3) is 0.562. The van der Waals surface area contributed by atoms with Crippen molar-refractivity contribution in [1.29, 1.82) is 0 Å². The van der Waals surface area contributed by atoms with E-state index in [1.807, 2.05) is 0 Å². The van der Waals surface area contributed by atoms with Crippen LogP contribution in [-0.2, 0) is 38.1 Å². The number of ether oxygens (including phenoxy) is 4. The molecule has 1 aliphatic heterocycles. The number of esters is 4. The van der Waals surface area contributed by atoms with Crippen molar-refractivity contribution >= 4 is 29.6 Å². The lowest BCUT2D eigenvalue weighted by Crippen LogP contribution is -2.37. The Morgan fingerprint density at radius 2 is 1.58 bits per heavy atom. The van der Waals surface area contributed by atoms with E-state index >= 15 is 0 Å². The topological polar surface area (TPSA) is 130 Å². The van der Waals surface area contributed by atoms with Crippen LogP contribution in [0.4, 0.5) is 0 Å². The van der Waals surface area contributed by atoms with Crippen LogP contribution in [-0.4, -0.2) is 57.0 Å². The molecule has 1 N–H and O–H groups in total. The van der Waals surface area contributed by atoms with E-state index in [1.54, 1.807) is 13.8 Å². The molecular formula is C16H22N2O8. The van der Waals surface area contributed by atoms with Crippen molar-refractivity contribution in [3.05, 3.63) is 11.8 Å². The van der Waals surface area contributed by atoms with Gasteiger partial charge in [0.2, 0.25) is 0 Å². The molecule has 1 heterocycles. The molecule has 0 aliphatic carbocycles. The normalized spacial score (nSPS) is 16.0. The minimum absolute atomic E-state index is 0.0309. The Hall–Kier alpha value is -2.91. The van der Waals surface area contributed by atoms with Gasteiger partial charge in [-0.2, -0.15) is 5.10 Å². The average molecular weight is 370 g/mol. The molecule has 0 spiro atoms. The summed E-state index contributed by atoms with van der Waals surface area (Å²) in [4.78, 5) is 47.9. The number of hydrogen-bond donors (Lipinski definition) is 1. The molecule has 0 bridgehead atoms. The largest absolute Gasteiger partial charge is 0.465 e. The van der Waals surface area contributed by atoms with Crippen LogP contribution >= 0.6 is 0 Å². The number of nitrogens with one attached hydrogen (secondary N) is 1. The van der Waals surface area contributed by atoms with Crippen molar-refractivity contribution < 1.29 is 38.1 Å². The molecule has 26 heavy (non-hydrogen) atoms. The molecule has 0 fully saturated rings. The Kier molecular flexibility index (Phi) is 8.26. The van der Waals surface area contributed by atoms with Gasteiger partial charge in [0.15, 0.2) is 11.6 Å². The van der Waals surface area contributed by atoms with Crippen LogP contribution in [0.15, 0.2) is 16.9 Å². The lowest BCUT2D eigenvalue weighted by atomic mass is 9.89. The van der Waals surface area contributed by atoms with Gasteiger partial charge in [-0.3, -0.25) is 15.0 Å². The molecule has 0 aromatic carbocycles. The zero-order chi connectivity index (χ0) is 19.7. The summed E-state index contributed by atoms with van der Waals surface area (Å²) in [7, 11) is 2.34. The van der Waals surface area contributed by atoms with E-state index in [4.69, 9.17) is 9.47 Å². The van der Waals surface area contributed by atoms with Gasteiger partial charge in [0.05, 0.1) is 27.4 Å². The third-order valence-electron chi connectivity index (χ3n) is 3.45. The van der Waals surface area contributed by atoms with Crippen molar-refractivity contribution in [2.45, 2.75) is 20.3 Å². The van der Waals surface area contributed by atoms with Gasteiger partial charge >= 0.3 is 23.9 Å². The molecular weight excluding hydrogens is 348 g/mol. The van der Waals surface area contributed by atoms with E-state index in [0.717, 1.165) is 7.11 Å². The number of hydrazone groups is 1. The number of allylic oxidation sites excluding steroid dienone is 1. The Morgan fingerprint density at radius 3 is 2.04 bits per heavy atom. The summed E-state index contributed by atoms with van der Waals surface area (Å²) in [5, 5.41) is 3.81. The summed E-state index contributed by atoms with van der Waals surface area (Å²) < 4.78 is 19.1. The Balaban J connectivity index is 3.16. The molecule has 0 aromatic rings. The molecule has 1 atom stereocenters. The molecule has 1 unspecified atom stereocenters. The maximum atomic E-state index is 12.1. The van der Waals surface area contributed by atoms with Gasteiger partial charge in [-0.25, -0.2) is 9.59 Å². The molecule has 10 heteroatoms. The number of carbonyl (C=O) groups excluding carboxylic acids is 4. The van der Waals surface area contributed by atoms with Gasteiger partial charge in [-0.1, -0.05) is 0 Å². The lowest BCUT2D eigenvalue weighted by molar-refractivity contribution is -0.162. The van der Waals surface area contributed by atoms with Crippen LogP contribution in [0.1, 0.15) is 20.3 Å². The summed E-state index contributed by atoms with van der Waals surface area (Å²) in [6.07, 6.45) is 1.16. The van der Waals surface area contributed by atoms with Crippen LogP contribution < -0.4 is 5.43 Å². The van der Waals surface area contributed by atoms with Crippen LogP contribution in [0.5, 0.6) is 0 Å². The second-order valence-electron chi connectivity index (χ2n) is 5.07. The van der Waals surface area contributed by atoms with Gasteiger partial charge < -0.3 is 18.9 Å². The number of carbonyl (C=O) groups is 4. The monoisotopic (exact) mass is 370 g/mol. The number of nitrogens with zero attached hydrogens (tertiary/aromatic N) is 1. The quantitative estimate of drug-likeness (QED) is 0.354. The molecule has 0 saturated heterocycles. The molecule has 1 rings (SSSR count). The van der Waals surface area contributed by atoms with Crippen LogP contribution in [0.3, 0.4) is 0 Å². The van der Waals surface area contributed by atoms with Crippen LogP contribution in [0.2, 0.25) is 0 Å². The summed E-state index contributed by atoms with van der Waals surface area (Å²) in [5.74, 6) is -5.22. The zero-order valence-corrected chi connectivity index (χ0v) is 15.1. The number of rotatable bonds is 8. The van der Waals surface area contributed by atoms with E-state index < -0.39 is 35.7 Å². The minimum Gasteiger partial charge on any atom is -0.465 e. The number of methoxy groups -OCH3 is 2. The number of hydrogen-bond acceptors (Lipinski definition) is 10. The highest BCUT2D eigenvalue weighted by Gasteiger charge is 2.37.